The molecule has 1 N–H and O–H groups in total. The lowest BCUT2D eigenvalue weighted by Crippen LogP contribution is -2.42. The zero-order valence-corrected chi connectivity index (χ0v) is 16.4. The van der Waals surface area contributed by atoms with Crippen molar-refractivity contribution < 1.29 is 14.3 Å². The first-order chi connectivity index (χ1) is 13.2. The molecule has 0 unspecified atom stereocenters. The third-order valence-corrected chi connectivity index (χ3v) is 5.32. The number of carbonyl (C=O) groups is 2. The zero-order chi connectivity index (χ0) is 19.2. The lowest BCUT2D eigenvalue weighted by molar-refractivity contribution is -0.145. The number of thioether (sulfide) groups is 1. The van der Waals surface area contributed by atoms with Gasteiger partial charge in [-0.3, -0.25) is 4.79 Å². The first-order valence-electron chi connectivity index (χ1n) is 8.97. The topological polar surface area (TPSA) is 60.3 Å². The monoisotopic (exact) mass is 384 g/mol. The SMILES string of the molecule is COC(=O)[C@H](CCSC)NC(=O)CCn1c2ccccc2c2ccccc21. The Morgan fingerprint density at radius 1 is 1.07 bits per heavy atom. The summed E-state index contributed by atoms with van der Waals surface area (Å²) in [5.41, 5.74) is 2.22. The van der Waals surface area contributed by atoms with E-state index in [1.165, 1.54) is 17.9 Å². The number of esters is 1. The fourth-order valence-corrected chi connectivity index (χ4v) is 3.82. The molecule has 1 heterocycles. The van der Waals surface area contributed by atoms with Gasteiger partial charge in [0.25, 0.3) is 0 Å². The Labute approximate surface area is 163 Å². The molecule has 1 atom stereocenters. The summed E-state index contributed by atoms with van der Waals surface area (Å²) in [6.45, 7) is 0.552. The minimum Gasteiger partial charge on any atom is -0.467 e. The highest BCUT2D eigenvalue weighted by Crippen LogP contribution is 2.28. The van der Waals surface area contributed by atoms with Crippen LogP contribution in [0.5, 0.6) is 0 Å². The quantitative estimate of drug-likeness (QED) is 0.603. The Morgan fingerprint density at radius 2 is 1.67 bits per heavy atom. The minimum absolute atomic E-state index is 0.145. The molecule has 27 heavy (non-hydrogen) atoms. The van der Waals surface area contributed by atoms with Gasteiger partial charge in [-0.05, 0) is 30.6 Å². The van der Waals surface area contributed by atoms with Gasteiger partial charge in [0.05, 0.1) is 7.11 Å². The van der Waals surface area contributed by atoms with Crippen LogP contribution < -0.4 is 5.32 Å². The molecule has 1 aromatic heterocycles. The number of ether oxygens (including phenoxy) is 1. The van der Waals surface area contributed by atoms with Gasteiger partial charge in [-0.25, -0.2) is 4.79 Å². The van der Waals surface area contributed by atoms with E-state index in [0.717, 1.165) is 16.8 Å². The van der Waals surface area contributed by atoms with Crippen molar-refractivity contribution in [1.29, 1.82) is 0 Å². The van der Waals surface area contributed by atoms with Gasteiger partial charge in [-0.2, -0.15) is 11.8 Å². The molecule has 6 heteroatoms. The molecule has 0 fully saturated rings. The van der Waals surface area contributed by atoms with Crippen molar-refractivity contribution in [2.75, 3.05) is 19.1 Å². The molecule has 0 bridgehead atoms. The van der Waals surface area contributed by atoms with Crippen molar-refractivity contribution in [3.05, 3.63) is 48.5 Å². The van der Waals surface area contributed by atoms with Gasteiger partial charge in [-0.15, -0.1) is 0 Å². The predicted octanol–water partition coefficient (Wildman–Crippen LogP) is 3.60. The van der Waals surface area contributed by atoms with E-state index in [9.17, 15) is 9.59 Å². The number of benzene rings is 2. The van der Waals surface area contributed by atoms with Crippen LogP contribution in [0.15, 0.2) is 48.5 Å². The summed E-state index contributed by atoms with van der Waals surface area (Å²) in [6, 6.07) is 15.8. The molecule has 142 valence electrons. The summed E-state index contributed by atoms with van der Waals surface area (Å²) in [4.78, 5) is 24.3. The van der Waals surface area contributed by atoms with Crippen LogP contribution in [0, 0.1) is 0 Å². The molecule has 3 aromatic rings. The van der Waals surface area contributed by atoms with E-state index in [1.54, 1.807) is 11.8 Å². The number of hydrogen-bond donors (Lipinski definition) is 1. The number of hydrogen-bond acceptors (Lipinski definition) is 4. The third kappa shape index (κ3) is 4.27. The number of carbonyl (C=O) groups excluding carboxylic acids is 2. The molecule has 5 nitrogen and oxygen atoms in total. The average Bonchev–Trinajstić information content (AvgIpc) is 3.03. The molecule has 0 saturated heterocycles. The molecular weight excluding hydrogens is 360 g/mol. The van der Waals surface area contributed by atoms with Gasteiger partial charge >= 0.3 is 5.97 Å². The number of nitrogens with zero attached hydrogens (tertiary/aromatic N) is 1. The smallest absolute Gasteiger partial charge is 0.328 e. The summed E-state index contributed by atoms with van der Waals surface area (Å²) in [6.07, 6.45) is 2.84. The van der Waals surface area contributed by atoms with Crippen molar-refractivity contribution >= 4 is 45.4 Å². The van der Waals surface area contributed by atoms with E-state index >= 15 is 0 Å². The number of aromatic nitrogens is 1. The van der Waals surface area contributed by atoms with Gasteiger partial charge in [0.2, 0.25) is 5.91 Å². The van der Waals surface area contributed by atoms with Gasteiger partial charge in [-0.1, -0.05) is 36.4 Å². The van der Waals surface area contributed by atoms with Gasteiger partial charge in [0, 0.05) is 34.8 Å². The summed E-state index contributed by atoms with van der Waals surface area (Å²) >= 11 is 1.64. The highest BCUT2D eigenvalue weighted by molar-refractivity contribution is 7.98. The maximum Gasteiger partial charge on any atom is 0.328 e. The number of aryl methyl sites for hydroxylation is 1. The van der Waals surface area contributed by atoms with Crippen LogP contribution >= 0.6 is 11.8 Å². The second-order valence-electron chi connectivity index (χ2n) is 6.36. The summed E-state index contributed by atoms with van der Waals surface area (Å²) < 4.78 is 6.97. The fourth-order valence-electron chi connectivity index (χ4n) is 3.35. The molecule has 0 aliphatic rings. The third-order valence-electron chi connectivity index (χ3n) is 4.67. The van der Waals surface area contributed by atoms with E-state index in [1.807, 2.05) is 30.5 Å². The number of rotatable bonds is 8. The largest absolute Gasteiger partial charge is 0.467 e. The normalized spacial score (nSPS) is 12.2. The molecule has 3 rings (SSSR count). The van der Waals surface area contributed by atoms with Crippen molar-refractivity contribution in [3.8, 4) is 0 Å². The van der Waals surface area contributed by atoms with Crippen LogP contribution in [0.4, 0.5) is 0 Å². The molecule has 0 aliphatic heterocycles. The summed E-state index contributed by atoms with van der Waals surface area (Å²) in [7, 11) is 1.35. The van der Waals surface area contributed by atoms with Crippen LogP contribution in [0.2, 0.25) is 0 Å². The van der Waals surface area contributed by atoms with E-state index in [-0.39, 0.29) is 5.91 Å². The molecular formula is C21H24N2O3S. The van der Waals surface area contributed by atoms with Crippen molar-refractivity contribution in [1.82, 2.24) is 9.88 Å². The molecule has 0 saturated carbocycles. The Morgan fingerprint density at radius 3 is 2.22 bits per heavy atom. The lowest BCUT2D eigenvalue weighted by Gasteiger charge is -2.16. The molecule has 1 amide bonds. The second kappa shape index (κ2) is 8.95. The van der Waals surface area contributed by atoms with Crippen LogP contribution in [0.25, 0.3) is 21.8 Å². The number of fused-ring (bicyclic) bond motifs is 3. The van der Waals surface area contributed by atoms with E-state index in [0.29, 0.717) is 19.4 Å². The van der Waals surface area contributed by atoms with E-state index in [2.05, 4.69) is 34.1 Å². The first-order valence-corrected chi connectivity index (χ1v) is 10.4. The average molecular weight is 385 g/mol. The maximum atomic E-state index is 12.5. The Kier molecular flexibility index (Phi) is 6.40. The summed E-state index contributed by atoms with van der Waals surface area (Å²) in [5.74, 6) is 0.245. The van der Waals surface area contributed by atoms with Crippen LogP contribution in [-0.4, -0.2) is 41.6 Å². The van der Waals surface area contributed by atoms with E-state index < -0.39 is 12.0 Å². The standard InChI is InChI=1S/C21H24N2O3S/c1-26-21(25)17(12-14-27-2)22-20(24)11-13-23-18-9-5-3-7-15(18)16-8-4-6-10-19(16)23/h3-10,17H,11-14H2,1-2H3,(H,22,24)/t17-/m0/s1. The first kappa shape index (κ1) is 19.3. The Balaban J connectivity index is 1.75. The van der Waals surface area contributed by atoms with Crippen molar-refractivity contribution in [2.45, 2.75) is 25.4 Å². The van der Waals surface area contributed by atoms with Crippen LogP contribution in [0.1, 0.15) is 12.8 Å². The fraction of sp³-hybridized carbons (Fsp3) is 0.333. The zero-order valence-electron chi connectivity index (χ0n) is 15.6. The number of methoxy groups -OCH3 is 1. The Hall–Kier alpha value is -2.47. The van der Waals surface area contributed by atoms with E-state index in [4.69, 9.17) is 4.74 Å². The number of para-hydroxylation sites is 2. The highest BCUT2D eigenvalue weighted by Gasteiger charge is 2.21. The molecule has 0 aliphatic carbocycles. The van der Waals surface area contributed by atoms with Crippen LogP contribution in [-0.2, 0) is 20.9 Å². The van der Waals surface area contributed by atoms with Crippen LogP contribution in [0.3, 0.4) is 0 Å². The lowest BCUT2D eigenvalue weighted by atomic mass is 10.2. The number of nitrogens with one attached hydrogen (secondary N) is 1. The molecule has 0 radical (unpaired) electrons. The number of amides is 1. The predicted molar refractivity (Wildman–Crippen MR) is 111 cm³/mol. The van der Waals surface area contributed by atoms with Gasteiger partial charge in [0.1, 0.15) is 6.04 Å². The maximum absolute atomic E-state index is 12.5. The van der Waals surface area contributed by atoms with Crippen molar-refractivity contribution in [2.24, 2.45) is 0 Å². The van der Waals surface area contributed by atoms with Crippen molar-refractivity contribution in [3.63, 3.8) is 0 Å². The molecule has 2 aromatic carbocycles. The highest BCUT2D eigenvalue weighted by atomic mass is 32.2. The Bertz CT molecular complexity index is 898. The van der Waals surface area contributed by atoms with Gasteiger partial charge < -0.3 is 14.6 Å². The minimum atomic E-state index is -0.590. The van der Waals surface area contributed by atoms with Gasteiger partial charge in [0.15, 0.2) is 0 Å². The molecule has 0 spiro atoms. The summed E-state index contributed by atoms with van der Waals surface area (Å²) in [5, 5.41) is 5.18. The second-order valence-corrected chi connectivity index (χ2v) is 7.35.